The highest BCUT2D eigenvalue weighted by atomic mass is 16.5. The van der Waals surface area contributed by atoms with E-state index in [1.807, 2.05) is 18.2 Å². The number of hydrogen-bond donors (Lipinski definition) is 1. The van der Waals surface area contributed by atoms with Gasteiger partial charge >= 0.3 is 0 Å². The molecule has 20 heavy (non-hydrogen) atoms. The van der Waals surface area contributed by atoms with Crippen molar-refractivity contribution < 1.29 is 9.84 Å². The topological polar surface area (TPSA) is 32.7 Å². The summed E-state index contributed by atoms with van der Waals surface area (Å²) in [6, 6.07) is 8.08. The highest BCUT2D eigenvalue weighted by Crippen LogP contribution is 2.24. The third kappa shape index (κ3) is 4.05. The van der Waals surface area contributed by atoms with Crippen LogP contribution in [0.1, 0.15) is 44.4 Å². The van der Waals surface area contributed by atoms with Crippen LogP contribution in [0, 0.1) is 6.92 Å². The molecule has 0 saturated carbocycles. The highest BCUT2D eigenvalue weighted by molar-refractivity contribution is 5.27. The van der Waals surface area contributed by atoms with E-state index in [1.54, 1.807) is 0 Å². The van der Waals surface area contributed by atoms with Crippen LogP contribution in [0.4, 0.5) is 0 Å². The van der Waals surface area contributed by atoms with Gasteiger partial charge in [0.1, 0.15) is 0 Å². The van der Waals surface area contributed by atoms with Crippen LogP contribution < -0.4 is 0 Å². The second-order valence-corrected chi connectivity index (χ2v) is 6.58. The van der Waals surface area contributed by atoms with Crippen molar-refractivity contribution in [2.75, 3.05) is 19.6 Å². The predicted molar refractivity (Wildman–Crippen MR) is 81.8 cm³/mol. The van der Waals surface area contributed by atoms with Crippen LogP contribution >= 0.6 is 0 Å². The molecule has 1 fully saturated rings. The Morgan fingerprint density at radius 1 is 1.40 bits per heavy atom. The molecule has 3 heteroatoms. The lowest BCUT2D eigenvalue weighted by atomic mass is 10.00. The average Bonchev–Trinajstić information content (AvgIpc) is 2.34. The van der Waals surface area contributed by atoms with Crippen molar-refractivity contribution in [3.63, 3.8) is 0 Å². The van der Waals surface area contributed by atoms with Crippen molar-refractivity contribution in [2.45, 2.75) is 51.9 Å². The molecule has 0 amide bonds. The summed E-state index contributed by atoms with van der Waals surface area (Å²) in [4.78, 5) is 2.40. The number of morpholine rings is 1. The first-order valence-electron chi connectivity index (χ1n) is 7.51. The molecule has 1 aromatic rings. The molecule has 2 atom stereocenters. The fourth-order valence-electron chi connectivity index (χ4n) is 3.18. The number of hydrogen-bond acceptors (Lipinski definition) is 3. The van der Waals surface area contributed by atoms with E-state index in [0.29, 0.717) is 0 Å². The molecular weight excluding hydrogens is 250 g/mol. The van der Waals surface area contributed by atoms with Crippen LogP contribution in [0.3, 0.4) is 0 Å². The lowest BCUT2D eigenvalue weighted by Crippen LogP contribution is -2.52. The monoisotopic (exact) mass is 277 g/mol. The normalized spacial score (nSPS) is 24.6. The van der Waals surface area contributed by atoms with Crippen molar-refractivity contribution in [1.82, 2.24) is 4.90 Å². The van der Waals surface area contributed by atoms with Gasteiger partial charge in [0.15, 0.2) is 0 Å². The fraction of sp³-hybridized carbons (Fsp3) is 0.647. The molecular formula is C17H27NO2. The molecule has 1 aromatic carbocycles. The van der Waals surface area contributed by atoms with Crippen molar-refractivity contribution in [3.8, 4) is 0 Å². The summed E-state index contributed by atoms with van der Waals surface area (Å²) in [7, 11) is 0. The molecule has 0 bridgehead atoms. The summed E-state index contributed by atoms with van der Waals surface area (Å²) in [5.41, 5.74) is 2.12. The Hall–Kier alpha value is -0.900. The van der Waals surface area contributed by atoms with Crippen molar-refractivity contribution in [2.24, 2.45) is 0 Å². The van der Waals surface area contributed by atoms with E-state index in [4.69, 9.17) is 4.74 Å². The smallest absolute Gasteiger partial charge is 0.0804 e. The molecule has 112 valence electrons. The van der Waals surface area contributed by atoms with Crippen LogP contribution in [0.5, 0.6) is 0 Å². The summed E-state index contributed by atoms with van der Waals surface area (Å²) in [5.74, 6) is 0. The first kappa shape index (κ1) is 15.5. The van der Waals surface area contributed by atoms with Gasteiger partial charge in [0, 0.05) is 19.6 Å². The largest absolute Gasteiger partial charge is 0.388 e. The molecule has 1 N–H and O–H groups in total. The maximum absolute atomic E-state index is 10.4. The predicted octanol–water partition coefficient (Wildman–Crippen LogP) is 2.92. The third-order valence-corrected chi connectivity index (χ3v) is 3.91. The standard InChI is InChI=1S/C17H27NO2/c1-13-7-5-6-8-15(13)16(19)9-10-18-11-14(2)20-17(3,4)12-18/h5-8,14,16,19H,9-12H2,1-4H3. The molecule has 3 nitrogen and oxygen atoms in total. The summed E-state index contributed by atoms with van der Waals surface area (Å²) in [6.07, 6.45) is 0.653. The van der Waals surface area contributed by atoms with Gasteiger partial charge in [0.2, 0.25) is 0 Å². The molecule has 0 aliphatic carbocycles. The van der Waals surface area contributed by atoms with E-state index < -0.39 is 0 Å². The Morgan fingerprint density at radius 3 is 2.75 bits per heavy atom. The van der Waals surface area contributed by atoms with Crippen LogP contribution in [-0.4, -0.2) is 41.3 Å². The van der Waals surface area contributed by atoms with E-state index in [9.17, 15) is 5.11 Å². The van der Waals surface area contributed by atoms with Gasteiger partial charge in [-0.15, -0.1) is 0 Å². The zero-order valence-electron chi connectivity index (χ0n) is 13.1. The van der Waals surface area contributed by atoms with Gasteiger partial charge in [-0.3, -0.25) is 4.90 Å². The van der Waals surface area contributed by atoms with Crippen molar-refractivity contribution in [3.05, 3.63) is 35.4 Å². The first-order chi connectivity index (χ1) is 9.37. The second-order valence-electron chi connectivity index (χ2n) is 6.58. The SMILES string of the molecule is Cc1ccccc1C(O)CCN1CC(C)OC(C)(C)C1. The molecule has 1 aliphatic heterocycles. The summed E-state index contributed by atoms with van der Waals surface area (Å²) < 4.78 is 5.91. The number of aliphatic hydroxyl groups is 1. The maximum Gasteiger partial charge on any atom is 0.0804 e. The Kier molecular flexibility index (Phi) is 4.84. The summed E-state index contributed by atoms with van der Waals surface area (Å²) in [6.45, 7) is 11.2. The van der Waals surface area contributed by atoms with E-state index in [2.05, 4.69) is 38.7 Å². The number of aliphatic hydroxyl groups excluding tert-OH is 1. The zero-order chi connectivity index (χ0) is 14.8. The van der Waals surface area contributed by atoms with Crippen LogP contribution in [0.25, 0.3) is 0 Å². The van der Waals surface area contributed by atoms with Crippen LogP contribution in [-0.2, 0) is 4.74 Å². The number of ether oxygens (including phenoxy) is 1. The summed E-state index contributed by atoms with van der Waals surface area (Å²) >= 11 is 0. The number of rotatable bonds is 4. The molecule has 1 aliphatic rings. The van der Waals surface area contributed by atoms with Gasteiger partial charge in [0.05, 0.1) is 17.8 Å². The van der Waals surface area contributed by atoms with Gasteiger partial charge in [-0.25, -0.2) is 0 Å². The number of aryl methyl sites for hydroxylation is 1. The van der Waals surface area contributed by atoms with Gasteiger partial charge < -0.3 is 9.84 Å². The first-order valence-corrected chi connectivity index (χ1v) is 7.51. The lowest BCUT2D eigenvalue weighted by Gasteiger charge is -2.42. The van der Waals surface area contributed by atoms with Gasteiger partial charge in [-0.1, -0.05) is 24.3 Å². The summed E-state index contributed by atoms with van der Waals surface area (Å²) in [5, 5.41) is 10.4. The minimum Gasteiger partial charge on any atom is -0.388 e. The van der Waals surface area contributed by atoms with E-state index in [0.717, 1.165) is 37.2 Å². The van der Waals surface area contributed by atoms with Crippen molar-refractivity contribution in [1.29, 1.82) is 0 Å². The quantitative estimate of drug-likeness (QED) is 0.918. The lowest BCUT2D eigenvalue weighted by molar-refractivity contribution is -0.130. The van der Waals surface area contributed by atoms with E-state index in [-0.39, 0.29) is 17.8 Å². The van der Waals surface area contributed by atoms with Crippen molar-refractivity contribution >= 4 is 0 Å². The zero-order valence-corrected chi connectivity index (χ0v) is 13.1. The van der Waals surface area contributed by atoms with Gasteiger partial charge in [-0.05, 0) is 45.2 Å². The minimum absolute atomic E-state index is 0.0920. The third-order valence-electron chi connectivity index (χ3n) is 3.91. The highest BCUT2D eigenvalue weighted by Gasteiger charge is 2.31. The molecule has 0 radical (unpaired) electrons. The molecule has 2 unspecified atom stereocenters. The fourth-order valence-corrected chi connectivity index (χ4v) is 3.18. The molecule has 2 rings (SSSR count). The van der Waals surface area contributed by atoms with Gasteiger partial charge in [0.25, 0.3) is 0 Å². The Labute approximate surface area is 122 Å². The van der Waals surface area contributed by atoms with E-state index >= 15 is 0 Å². The van der Waals surface area contributed by atoms with Crippen LogP contribution in [0.15, 0.2) is 24.3 Å². The molecule has 1 saturated heterocycles. The Bertz CT molecular complexity index is 444. The Balaban J connectivity index is 1.90. The second kappa shape index (κ2) is 6.25. The molecule has 1 heterocycles. The molecule has 0 spiro atoms. The average molecular weight is 277 g/mol. The molecule has 0 aromatic heterocycles. The maximum atomic E-state index is 10.4. The minimum atomic E-state index is -0.377. The number of benzene rings is 1. The van der Waals surface area contributed by atoms with Crippen LogP contribution in [0.2, 0.25) is 0 Å². The van der Waals surface area contributed by atoms with E-state index in [1.165, 1.54) is 0 Å². The van der Waals surface area contributed by atoms with Gasteiger partial charge in [-0.2, -0.15) is 0 Å². The number of nitrogens with zero attached hydrogens (tertiary/aromatic N) is 1. The Morgan fingerprint density at radius 2 is 2.10 bits per heavy atom.